The number of ether oxygens (including phenoxy) is 2. The molecule has 1 aliphatic heterocycles. The van der Waals surface area contributed by atoms with Crippen LogP contribution in [0.25, 0.3) is 0 Å². The molecule has 5 heteroatoms. The fraction of sp³-hybridized carbons (Fsp3) is 0.222. The number of benzene rings is 2. The molecule has 5 nitrogen and oxygen atoms in total. The van der Waals surface area contributed by atoms with Crippen molar-refractivity contribution in [3.05, 3.63) is 59.2 Å². The molecule has 0 spiro atoms. The zero-order valence-corrected chi connectivity index (χ0v) is 13.0. The summed E-state index contributed by atoms with van der Waals surface area (Å²) in [7, 11) is 1.32. The quantitative estimate of drug-likeness (QED) is 0.885. The monoisotopic (exact) mass is 311 g/mol. The van der Waals surface area contributed by atoms with Gasteiger partial charge in [0.25, 0.3) is 5.91 Å². The van der Waals surface area contributed by atoms with Crippen LogP contribution < -0.4 is 10.1 Å². The molecule has 3 rings (SSSR count). The highest BCUT2D eigenvalue weighted by atomic mass is 16.5. The van der Waals surface area contributed by atoms with Gasteiger partial charge in [-0.3, -0.25) is 4.79 Å². The average Bonchev–Trinajstić information content (AvgIpc) is 3.00. The SMILES string of the molecule is COC(=O)c1ccc(C)c(NC(=O)C2Cc3ccccc3O2)c1. The number of nitrogens with one attached hydrogen (secondary N) is 1. The Bertz CT molecular complexity index is 744. The number of fused-ring (bicyclic) bond motifs is 1. The van der Waals surface area contributed by atoms with Gasteiger partial charge in [0.1, 0.15) is 5.75 Å². The van der Waals surface area contributed by atoms with Crippen LogP contribution in [0.4, 0.5) is 5.69 Å². The van der Waals surface area contributed by atoms with E-state index in [9.17, 15) is 9.59 Å². The Morgan fingerprint density at radius 3 is 2.74 bits per heavy atom. The van der Waals surface area contributed by atoms with E-state index in [1.807, 2.05) is 31.2 Å². The number of para-hydroxylation sites is 1. The number of aryl methyl sites for hydroxylation is 1. The summed E-state index contributed by atoms with van der Waals surface area (Å²) in [6, 6.07) is 12.7. The molecular weight excluding hydrogens is 294 g/mol. The molecular formula is C18H17NO4. The third-order valence-electron chi connectivity index (χ3n) is 3.86. The lowest BCUT2D eigenvalue weighted by atomic mass is 10.1. The molecule has 2 aromatic carbocycles. The maximum Gasteiger partial charge on any atom is 0.337 e. The second kappa shape index (κ2) is 6.12. The molecule has 0 saturated heterocycles. The first-order valence-corrected chi connectivity index (χ1v) is 7.33. The molecule has 2 aromatic rings. The lowest BCUT2D eigenvalue weighted by Gasteiger charge is -2.14. The molecule has 0 fully saturated rings. The van der Waals surface area contributed by atoms with Gasteiger partial charge < -0.3 is 14.8 Å². The largest absolute Gasteiger partial charge is 0.480 e. The second-order valence-electron chi connectivity index (χ2n) is 5.43. The van der Waals surface area contributed by atoms with Crippen molar-refractivity contribution in [2.75, 3.05) is 12.4 Å². The van der Waals surface area contributed by atoms with Gasteiger partial charge in [-0.15, -0.1) is 0 Å². The molecule has 0 bridgehead atoms. The van der Waals surface area contributed by atoms with Gasteiger partial charge in [0.15, 0.2) is 6.10 Å². The minimum atomic E-state index is -0.561. The molecule has 1 aliphatic rings. The highest BCUT2D eigenvalue weighted by molar-refractivity contribution is 5.97. The topological polar surface area (TPSA) is 64.6 Å². The molecule has 0 saturated carbocycles. The van der Waals surface area contributed by atoms with Gasteiger partial charge in [-0.05, 0) is 36.2 Å². The van der Waals surface area contributed by atoms with E-state index >= 15 is 0 Å². The first-order chi connectivity index (χ1) is 11.1. The zero-order chi connectivity index (χ0) is 16.4. The second-order valence-corrected chi connectivity index (χ2v) is 5.43. The van der Waals surface area contributed by atoms with E-state index in [1.54, 1.807) is 18.2 Å². The van der Waals surface area contributed by atoms with E-state index < -0.39 is 12.1 Å². The number of amides is 1. The van der Waals surface area contributed by atoms with Gasteiger partial charge in [0.2, 0.25) is 0 Å². The normalized spacial score (nSPS) is 15.5. The Labute approximate surface area is 134 Å². The number of methoxy groups -OCH3 is 1. The minimum absolute atomic E-state index is 0.230. The van der Waals surface area contributed by atoms with Crippen molar-refractivity contribution in [2.45, 2.75) is 19.4 Å². The minimum Gasteiger partial charge on any atom is -0.480 e. The summed E-state index contributed by atoms with van der Waals surface area (Å²) < 4.78 is 10.4. The summed E-state index contributed by atoms with van der Waals surface area (Å²) in [6.07, 6.45) is -0.0221. The fourth-order valence-electron chi connectivity index (χ4n) is 2.54. The molecule has 0 aliphatic carbocycles. The molecule has 1 unspecified atom stereocenters. The molecule has 23 heavy (non-hydrogen) atoms. The van der Waals surface area contributed by atoms with Crippen molar-refractivity contribution in [1.29, 1.82) is 0 Å². The van der Waals surface area contributed by atoms with E-state index in [-0.39, 0.29) is 5.91 Å². The molecule has 1 heterocycles. The number of hydrogen-bond donors (Lipinski definition) is 1. The molecule has 1 amide bonds. The van der Waals surface area contributed by atoms with Crippen LogP contribution in [0.1, 0.15) is 21.5 Å². The van der Waals surface area contributed by atoms with E-state index in [2.05, 4.69) is 5.32 Å². The van der Waals surface area contributed by atoms with E-state index in [4.69, 9.17) is 9.47 Å². The Morgan fingerprint density at radius 1 is 1.22 bits per heavy atom. The van der Waals surface area contributed by atoms with Crippen LogP contribution in [0.5, 0.6) is 5.75 Å². The lowest BCUT2D eigenvalue weighted by Crippen LogP contribution is -2.31. The maximum atomic E-state index is 12.4. The first kappa shape index (κ1) is 15.1. The van der Waals surface area contributed by atoms with Crippen molar-refractivity contribution in [3.8, 4) is 5.75 Å². The van der Waals surface area contributed by atoms with Gasteiger partial charge in [0.05, 0.1) is 12.7 Å². The van der Waals surface area contributed by atoms with Crippen molar-refractivity contribution < 1.29 is 19.1 Å². The van der Waals surface area contributed by atoms with Crippen molar-refractivity contribution in [2.24, 2.45) is 0 Å². The van der Waals surface area contributed by atoms with Crippen LogP contribution >= 0.6 is 0 Å². The summed E-state index contributed by atoms with van der Waals surface area (Å²) in [4.78, 5) is 24.0. The van der Waals surface area contributed by atoms with Crippen molar-refractivity contribution in [3.63, 3.8) is 0 Å². The number of carbonyl (C=O) groups is 2. The Balaban J connectivity index is 1.75. The smallest absolute Gasteiger partial charge is 0.337 e. The van der Waals surface area contributed by atoms with Gasteiger partial charge in [0, 0.05) is 12.1 Å². The summed E-state index contributed by atoms with van der Waals surface area (Å²) in [5.74, 6) is 0.0732. The van der Waals surface area contributed by atoms with Crippen LogP contribution in [-0.4, -0.2) is 25.1 Å². The third-order valence-corrected chi connectivity index (χ3v) is 3.86. The van der Waals surface area contributed by atoms with E-state index in [1.165, 1.54) is 7.11 Å². The molecule has 118 valence electrons. The number of anilines is 1. The average molecular weight is 311 g/mol. The van der Waals surface area contributed by atoms with Crippen LogP contribution in [-0.2, 0) is 16.0 Å². The number of carbonyl (C=O) groups excluding carboxylic acids is 2. The van der Waals surface area contributed by atoms with Crippen molar-refractivity contribution >= 4 is 17.6 Å². The van der Waals surface area contributed by atoms with Crippen LogP contribution in [0.2, 0.25) is 0 Å². The van der Waals surface area contributed by atoms with Crippen LogP contribution in [0.15, 0.2) is 42.5 Å². The standard InChI is InChI=1S/C18H17NO4/c1-11-7-8-13(18(21)22-2)9-14(11)19-17(20)16-10-12-5-3-4-6-15(12)23-16/h3-9,16H,10H2,1-2H3,(H,19,20). The molecule has 1 atom stereocenters. The van der Waals surface area contributed by atoms with Crippen LogP contribution in [0.3, 0.4) is 0 Å². The Hall–Kier alpha value is -2.82. The van der Waals surface area contributed by atoms with Gasteiger partial charge in [-0.25, -0.2) is 4.79 Å². The molecule has 0 aromatic heterocycles. The first-order valence-electron chi connectivity index (χ1n) is 7.33. The van der Waals surface area contributed by atoms with Crippen LogP contribution in [0, 0.1) is 6.92 Å². The van der Waals surface area contributed by atoms with Gasteiger partial charge >= 0.3 is 5.97 Å². The molecule has 0 radical (unpaired) electrons. The number of rotatable bonds is 3. The summed E-state index contributed by atoms with van der Waals surface area (Å²) in [6.45, 7) is 1.86. The lowest BCUT2D eigenvalue weighted by molar-refractivity contribution is -0.122. The predicted molar refractivity (Wildman–Crippen MR) is 85.7 cm³/mol. The number of hydrogen-bond acceptors (Lipinski definition) is 4. The fourth-order valence-corrected chi connectivity index (χ4v) is 2.54. The predicted octanol–water partition coefficient (Wildman–Crippen LogP) is 2.72. The Morgan fingerprint density at radius 2 is 2.00 bits per heavy atom. The zero-order valence-electron chi connectivity index (χ0n) is 13.0. The summed E-state index contributed by atoms with van der Waals surface area (Å²) >= 11 is 0. The van der Waals surface area contributed by atoms with Gasteiger partial charge in [-0.2, -0.15) is 0 Å². The highest BCUT2D eigenvalue weighted by Gasteiger charge is 2.29. The summed E-state index contributed by atoms with van der Waals surface area (Å²) in [5.41, 5.74) is 2.86. The molecule has 1 N–H and O–H groups in total. The van der Waals surface area contributed by atoms with Gasteiger partial charge in [-0.1, -0.05) is 24.3 Å². The summed E-state index contributed by atoms with van der Waals surface area (Å²) in [5, 5.41) is 2.83. The van der Waals surface area contributed by atoms with E-state index in [0.717, 1.165) is 16.9 Å². The highest BCUT2D eigenvalue weighted by Crippen LogP contribution is 2.29. The third kappa shape index (κ3) is 3.04. The Kier molecular flexibility index (Phi) is 4.02. The number of esters is 1. The van der Waals surface area contributed by atoms with Crippen molar-refractivity contribution in [1.82, 2.24) is 0 Å². The van der Waals surface area contributed by atoms with E-state index in [0.29, 0.717) is 17.7 Å². The maximum absolute atomic E-state index is 12.4.